The number of pyridine rings is 1. The molecule has 104 valence electrons. The average Bonchev–Trinajstić information content (AvgIpc) is 2.36. The van der Waals surface area contributed by atoms with Gasteiger partial charge >= 0.3 is 5.97 Å². The molecule has 0 bridgehead atoms. The van der Waals surface area contributed by atoms with E-state index in [1.54, 1.807) is 6.26 Å². The van der Waals surface area contributed by atoms with Crippen LogP contribution >= 0.6 is 0 Å². The van der Waals surface area contributed by atoms with Crippen molar-refractivity contribution >= 4 is 22.7 Å². The zero-order chi connectivity index (χ0) is 14.4. The van der Waals surface area contributed by atoms with Crippen LogP contribution in [0.2, 0.25) is 0 Å². The molecule has 0 aliphatic rings. The van der Waals surface area contributed by atoms with E-state index in [0.717, 1.165) is 0 Å². The number of aromatic carboxylic acids is 1. The Morgan fingerprint density at radius 3 is 2.79 bits per heavy atom. The van der Waals surface area contributed by atoms with Gasteiger partial charge in [0.05, 0.1) is 0 Å². The molecule has 1 aromatic rings. The van der Waals surface area contributed by atoms with Gasteiger partial charge in [-0.15, -0.1) is 0 Å². The number of carbonyl (C=O) groups excluding carboxylic acids is 1. The molecule has 7 heteroatoms. The normalized spacial score (nSPS) is 13.6. The van der Waals surface area contributed by atoms with Crippen LogP contribution in [0, 0.1) is 0 Å². The second-order valence-electron chi connectivity index (χ2n) is 4.18. The molecule has 0 spiro atoms. The van der Waals surface area contributed by atoms with Gasteiger partial charge in [0.15, 0.2) is 0 Å². The maximum absolute atomic E-state index is 11.9. The molecule has 2 atom stereocenters. The lowest BCUT2D eigenvalue weighted by Gasteiger charge is -2.13. The minimum Gasteiger partial charge on any atom is -0.477 e. The largest absolute Gasteiger partial charge is 0.477 e. The van der Waals surface area contributed by atoms with Crippen molar-refractivity contribution < 1.29 is 18.9 Å². The van der Waals surface area contributed by atoms with Crippen molar-refractivity contribution in [3.63, 3.8) is 0 Å². The van der Waals surface area contributed by atoms with Crippen molar-refractivity contribution in [3.05, 3.63) is 29.6 Å². The van der Waals surface area contributed by atoms with E-state index in [2.05, 4.69) is 10.3 Å². The molecule has 2 unspecified atom stereocenters. The Balaban J connectivity index is 2.65. The first kappa shape index (κ1) is 15.3. The van der Waals surface area contributed by atoms with Gasteiger partial charge in [-0.2, -0.15) is 0 Å². The zero-order valence-electron chi connectivity index (χ0n) is 10.8. The highest BCUT2D eigenvalue weighted by atomic mass is 32.2. The Hall–Kier alpha value is -1.76. The summed E-state index contributed by atoms with van der Waals surface area (Å²) in [6.45, 7) is 1.81. The van der Waals surface area contributed by atoms with Crippen molar-refractivity contribution in [2.45, 2.75) is 19.4 Å². The molecule has 0 radical (unpaired) electrons. The third-order valence-electron chi connectivity index (χ3n) is 2.46. The van der Waals surface area contributed by atoms with E-state index in [9.17, 15) is 13.8 Å². The van der Waals surface area contributed by atoms with Crippen LogP contribution in [0.25, 0.3) is 0 Å². The zero-order valence-corrected chi connectivity index (χ0v) is 11.6. The van der Waals surface area contributed by atoms with Gasteiger partial charge in [-0.25, -0.2) is 9.78 Å². The molecular formula is C12H16N2O4S. The van der Waals surface area contributed by atoms with Crippen molar-refractivity contribution in [1.82, 2.24) is 10.3 Å². The van der Waals surface area contributed by atoms with Crippen LogP contribution in [0.3, 0.4) is 0 Å². The first-order valence-electron chi connectivity index (χ1n) is 5.70. The fraction of sp³-hybridized carbons (Fsp3) is 0.417. The molecule has 0 aromatic carbocycles. The summed E-state index contributed by atoms with van der Waals surface area (Å²) < 4.78 is 10.9. The van der Waals surface area contributed by atoms with Crippen LogP contribution in [0.5, 0.6) is 0 Å². The van der Waals surface area contributed by atoms with E-state index in [-0.39, 0.29) is 23.2 Å². The Kier molecular flexibility index (Phi) is 5.62. The number of hydrogen-bond donors (Lipinski definition) is 2. The topological polar surface area (TPSA) is 96.4 Å². The van der Waals surface area contributed by atoms with E-state index < -0.39 is 16.8 Å². The molecule has 1 rings (SSSR count). The molecule has 0 fully saturated rings. The van der Waals surface area contributed by atoms with Crippen LogP contribution in [0.1, 0.15) is 34.2 Å². The van der Waals surface area contributed by atoms with Gasteiger partial charge in [0.25, 0.3) is 5.91 Å². The van der Waals surface area contributed by atoms with E-state index >= 15 is 0 Å². The fourth-order valence-corrected chi connectivity index (χ4v) is 2.10. The van der Waals surface area contributed by atoms with E-state index in [0.29, 0.717) is 12.2 Å². The molecule has 1 aromatic heterocycles. The number of carboxylic acids is 1. The summed E-state index contributed by atoms with van der Waals surface area (Å²) in [6, 6.07) is 2.55. The lowest BCUT2D eigenvalue weighted by atomic mass is 10.2. The number of nitrogens with one attached hydrogen (secondary N) is 1. The third kappa shape index (κ3) is 5.17. The smallest absolute Gasteiger partial charge is 0.354 e. The Morgan fingerprint density at radius 2 is 2.21 bits per heavy atom. The van der Waals surface area contributed by atoms with Gasteiger partial charge in [0, 0.05) is 40.6 Å². The molecule has 19 heavy (non-hydrogen) atoms. The molecule has 0 saturated carbocycles. The standard InChI is InChI=1S/C12H16N2O4S/c1-8(4-6-19(2)18)14-11(15)9-3-5-13-10(7-9)12(16)17/h3,5,7-8H,4,6H2,1-2H3,(H,14,15)(H,16,17). The number of rotatable bonds is 6. The molecule has 2 N–H and O–H groups in total. The van der Waals surface area contributed by atoms with Gasteiger partial charge in [0.2, 0.25) is 0 Å². The molecule has 6 nitrogen and oxygen atoms in total. The Morgan fingerprint density at radius 1 is 1.53 bits per heavy atom. The van der Waals surface area contributed by atoms with E-state index in [1.165, 1.54) is 18.3 Å². The highest BCUT2D eigenvalue weighted by Crippen LogP contribution is 2.03. The van der Waals surface area contributed by atoms with Crippen molar-refractivity contribution in [2.75, 3.05) is 12.0 Å². The highest BCUT2D eigenvalue weighted by Gasteiger charge is 2.13. The Labute approximate surface area is 113 Å². The number of hydrogen-bond acceptors (Lipinski definition) is 4. The third-order valence-corrected chi connectivity index (χ3v) is 3.27. The molecule has 0 aliphatic carbocycles. The average molecular weight is 284 g/mol. The first-order valence-corrected chi connectivity index (χ1v) is 7.43. The first-order chi connectivity index (χ1) is 8.90. The molecule has 1 heterocycles. The molecule has 0 aliphatic heterocycles. The van der Waals surface area contributed by atoms with Crippen LogP contribution in [-0.4, -0.2) is 44.2 Å². The number of carboxylic acid groups (broad SMARTS) is 1. The second-order valence-corrected chi connectivity index (χ2v) is 5.73. The second kappa shape index (κ2) is 6.98. The van der Waals surface area contributed by atoms with Crippen molar-refractivity contribution in [3.8, 4) is 0 Å². The highest BCUT2D eigenvalue weighted by molar-refractivity contribution is 7.84. The molecule has 0 saturated heterocycles. The summed E-state index contributed by atoms with van der Waals surface area (Å²) in [4.78, 5) is 26.3. The quantitative estimate of drug-likeness (QED) is 0.800. The molecule has 1 amide bonds. The van der Waals surface area contributed by atoms with Crippen LogP contribution in [-0.2, 0) is 10.8 Å². The van der Waals surface area contributed by atoms with Gasteiger partial charge in [-0.05, 0) is 25.5 Å². The maximum Gasteiger partial charge on any atom is 0.354 e. The summed E-state index contributed by atoms with van der Waals surface area (Å²) >= 11 is 0. The van der Waals surface area contributed by atoms with Crippen LogP contribution < -0.4 is 5.32 Å². The monoisotopic (exact) mass is 284 g/mol. The van der Waals surface area contributed by atoms with E-state index in [4.69, 9.17) is 5.11 Å². The maximum atomic E-state index is 11.9. The minimum atomic E-state index is -1.18. The predicted octanol–water partition coefficient (Wildman–Crippen LogP) is 0.667. The van der Waals surface area contributed by atoms with Crippen molar-refractivity contribution in [2.24, 2.45) is 0 Å². The summed E-state index contributed by atoms with van der Waals surface area (Å²) in [5.74, 6) is -1.03. The summed E-state index contributed by atoms with van der Waals surface area (Å²) in [7, 11) is -0.894. The van der Waals surface area contributed by atoms with Crippen LogP contribution in [0.4, 0.5) is 0 Å². The van der Waals surface area contributed by atoms with Gasteiger partial charge in [-0.3, -0.25) is 9.00 Å². The summed E-state index contributed by atoms with van der Waals surface area (Å²) in [6.07, 6.45) is 3.49. The lowest BCUT2D eigenvalue weighted by Crippen LogP contribution is -2.33. The SMILES string of the molecule is CC(CCS(C)=O)NC(=O)c1ccnc(C(=O)O)c1. The predicted molar refractivity (Wildman–Crippen MR) is 71.7 cm³/mol. The summed E-state index contributed by atoms with van der Waals surface area (Å²) in [5, 5.41) is 11.5. The number of nitrogens with zero attached hydrogens (tertiary/aromatic N) is 1. The minimum absolute atomic E-state index is 0.127. The van der Waals surface area contributed by atoms with Gasteiger partial charge in [0.1, 0.15) is 5.69 Å². The number of carbonyl (C=O) groups is 2. The van der Waals surface area contributed by atoms with Gasteiger partial charge in [-0.1, -0.05) is 0 Å². The summed E-state index contributed by atoms with van der Waals surface area (Å²) in [5.41, 5.74) is 0.0758. The Bertz CT molecular complexity index is 504. The number of amides is 1. The lowest BCUT2D eigenvalue weighted by molar-refractivity contribution is 0.0690. The number of aromatic nitrogens is 1. The van der Waals surface area contributed by atoms with Crippen LogP contribution in [0.15, 0.2) is 18.3 Å². The fourth-order valence-electron chi connectivity index (χ4n) is 1.41. The van der Waals surface area contributed by atoms with Crippen molar-refractivity contribution in [1.29, 1.82) is 0 Å². The van der Waals surface area contributed by atoms with E-state index in [1.807, 2.05) is 6.92 Å². The molecular weight excluding hydrogens is 268 g/mol. The van der Waals surface area contributed by atoms with Gasteiger partial charge < -0.3 is 10.4 Å².